The van der Waals surface area contributed by atoms with Crippen LogP contribution in [0.15, 0.2) is 60.9 Å². The van der Waals surface area contributed by atoms with E-state index in [1.165, 1.54) is 6.33 Å². The van der Waals surface area contributed by atoms with Gasteiger partial charge >= 0.3 is 0 Å². The van der Waals surface area contributed by atoms with Gasteiger partial charge in [0.15, 0.2) is 11.6 Å². The zero-order chi connectivity index (χ0) is 13.8. The van der Waals surface area contributed by atoms with Gasteiger partial charge in [-0.05, 0) is 11.1 Å². The van der Waals surface area contributed by atoms with Crippen LogP contribution >= 0.6 is 0 Å². The Hall–Kier alpha value is -2.75. The topological polar surface area (TPSA) is 58.6 Å². The number of carbonyl (C=O) groups excluding carboxylic acids is 1. The lowest BCUT2D eigenvalue weighted by molar-refractivity contribution is 0.0991. The predicted molar refractivity (Wildman–Crippen MR) is 76.3 cm³/mol. The van der Waals surface area contributed by atoms with E-state index in [0.717, 1.165) is 11.1 Å². The maximum absolute atomic E-state index is 12.1. The Balaban J connectivity index is 1.78. The van der Waals surface area contributed by atoms with Crippen LogP contribution in [0.5, 0.6) is 0 Å². The molecule has 0 fully saturated rings. The first-order chi connectivity index (χ1) is 9.83. The normalized spacial score (nSPS) is 10.4. The van der Waals surface area contributed by atoms with Crippen molar-refractivity contribution in [3.05, 3.63) is 72.3 Å². The maximum Gasteiger partial charge on any atom is 0.170 e. The first-order valence-corrected chi connectivity index (χ1v) is 6.36. The van der Waals surface area contributed by atoms with Crippen LogP contribution in [-0.4, -0.2) is 21.0 Å². The van der Waals surface area contributed by atoms with Crippen molar-refractivity contribution in [1.29, 1.82) is 0 Å². The number of ketones is 1. The summed E-state index contributed by atoms with van der Waals surface area (Å²) < 4.78 is 0. The Morgan fingerprint density at radius 2 is 1.65 bits per heavy atom. The SMILES string of the molecule is O=C(Cc1nc[nH]n1)c1ccc(-c2ccccc2)cc1. The summed E-state index contributed by atoms with van der Waals surface area (Å²) in [6, 6.07) is 17.7. The van der Waals surface area contributed by atoms with E-state index in [1.54, 1.807) is 0 Å². The predicted octanol–water partition coefficient (Wildman–Crippen LogP) is 2.90. The van der Waals surface area contributed by atoms with Crippen molar-refractivity contribution < 1.29 is 4.79 Å². The van der Waals surface area contributed by atoms with E-state index < -0.39 is 0 Å². The van der Waals surface area contributed by atoms with Crippen molar-refractivity contribution in [2.45, 2.75) is 6.42 Å². The van der Waals surface area contributed by atoms with E-state index in [1.807, 2.05) is 54.6 Å². The maximum atomic E-state index is 12.1. The summed E-state index contributed by atoms with van der Waals surface area (Å²) in [4.78, 5) is 16.0. The lowest BCUT2D eigenvalue weighted by Crippen LogP contribution is -2.04. The quantitative estimate of drug-likeness (QED) is 0.736. The first kappa shape index (κ1) is 12.3. The Morgan fingerprint density at radius 3 is 2.30 bits per heavy atom. The Morgan fingerprint density at radius 1 is 0.950 bits per heavy atom. The van der Waals surface area contributed by atoms with Crippen molar-refractivity contribution in [1.82, 2.24) is 15.2 Å². The molecule has 4 heteroatoms. The third kappa shape index (κ3) is 2.64. The minimum atomic E-state index is 0.0178. The monoisotopic (exact) mass is 263 g/mol. The molecule has 0 saturated carbocycles. The molecule has 2 aromatic carbocycles. The Bertz CT molecular complexity index is 688. The van der Waals surface area contributed by atoms with Crippen LogP contribution in [0.3, 0.4) is 0 Å². The van der Waals surface area contributed by atoms with Gasteiger partial charge in [-0.3, -0.25) is 9.89 Å². The largest absolute Gasteiger partial charge is 0.294 e. The number of aromatic nitrogens is 3. The molecule has 0 aliphatic carbocycles. The van der Waals surface area contributed by atoms with Crippen LogP contribution in [0.25, 0.3) is 11.1 Å². The average molecular weight is 263 g/mol. The molecule has 1 aromatic heterocycles. The molecule has 98 valence electrons. The number of nitrogens with zero attached hydrogens (tertiary/aromatic N) is 2. The van der Waals surface area contributed by atoms with E-state index in [9.17, 15) is 4.79 Å². The molecule has 0 spiro atoms. The number of rotatable bonds is 4. The lowest BCUT2D eigenvalue weighted by Gasteiger charge is -2.03. The smallest absolute Gasteiger partial charge is 0.170 e. The molecule has 0 amide bonds. The molecule has 0 bridgehead atoms. The van der Waals surface area contributed by atoms with E-state index in [2.05, 4.69) is 15.2 Å². The number of benzene rings is 2. The Labute approximate surface area is 116 Å². The van der Waals surface area contributed by atoms with Crippen LogP contribution in [0.2, 0.25) is 0 Å². The number of hydrogen-bond acceptors (Lipinski definition) is 3. The molecule has 0 aliphatic heterocycles. The van der Waals surface area contributed by atoms with Crippen LogP contribution in [0, 0.1) is 0 Å². The minimum absolute atomic E-state index is 0.0178. The van der Waals surface area contributed by atoms with Crippen LogP contribution < -0.4 is 0 Å². The third-order valence-electron chi connectivity index (χ3n) is 3.10. The van der Waals surface area contributed by atoms with Gasteiger partial charge in [0.05, 0.1) is 6.42 Å². The third-order valence-corrected chi connectivity index (χ3v) is 3.10. The van der Waals surface area contributed by atoms with Crippen molar-refractivity contribution in [2.75, 3.05) is 0 Å². The van der Waals surface area contributed by atoms with E-state index in [4.69, 9.17) is 0 Å². The number of carbonyl (C=O) groups is 1. The molecule has 0 saturated heterocycles. The van der Waals surface area contributed by atoms with Gasteiger partial charge in [-0.15, -0.1) is 0 Å². The molecule has 20 heavy (non-hydrogen) atoms. The molecular formula is C16H13N3O. The molecule has 3 rings (SSSR count). The lowest BCUT2D eigenvalue weighted by atomic mass is 10.0. The number of H-pyrrole nitrogens is 1. The van der Waals surface area contributed by atoms with Crippen molar-refractivity contribution >= 4 is 5.78 Å². The number of nitrogens with one attached hydrogen (secondary N) is 1. The highest BCUT2D eigenvalue weighted by atomic mass is 16.1. The minimum Gasteiger partial charge on any atom is -0.294 e. The fourth-order valence-corrected chi connectivity index (χ4v) is 2.05. The van der Waals surface area contributed by atoms with Gasteiger partial charge < -0.3 is 0 Å². The zero-order valence-electron chi connectivity index (χ0n) is 10.8. The summed E-state index contributed by atoms with van der Waals surface area (Å²) in [6.07, 6.45) is 1.69. The Kier molecular flexibility index (Phi) is 3.37. The van der Waals surface area contributed by atoms with Crippen LogP contribution in [0.1, 0.15) is 16.2 Å². The summed E-state index contributed by atoms with van der Waals surface area (Å²) >= 11 is 0. The molecule has 0 aliphatic rings. The van der Waals surface area contributed by atoms with Crippen LogP contribution in [0.4, 0.5) is 0 Å². The van der Waals surface area contributed by atoms with Gasteiger partial charge in [0.1, 0.15) is 6.33 Å². The summed E-state index contributed by atoms with van der Waals surface area (Å²) in [7, 11) is 0. The second-order valence-electron chi connectivity index (χ2n) is 4.46. The molecule has 1 heterocycles. The highest BCUT2D eigenvalue weighted by molar-refractivity contribution is 5.97. The molecule has 4 nitrogen and oxygen atoms in total. The number of Topliss-reactive ketones (excluding diaryl/α,β-unsaturated/α-hetero) is 1. The van der Waals surface area contributed by atoms with Crippen molar-refractivity contribution in [3.8, 4) is 11.1 Å². The number of aromatic amines is 1. The second kappa shape index (κ2) is 5.48. The second-order valence-corrected chi connectivity index (χ2v) is 4.46. The van der Waals surface area contributed by atoms with E-state index in [0.29, 0.717) is 11.4 Å². The van der Waals surface area contributed by atoms with Gasteiger partial charge in [0, 0.05) is 5.56 Å². The molecular weight excluding hydrogens is 250 g/mol. The summed E-state index contributed by atoms with van der Waals surface area (Å²) in [6.45, 7) is 0. The summed E-state index contributed by atoms with van der Waals surface area (Å²) in [5.74, 6) is 0.534. The van der Waals surface area contributed by atoms with Crippen molar-refractivity contribution in [2.24, 2.45) is 0 Å². The molecule has 0 atom stereocenters. The van der Waals surface area contributed by atoms with Crippen molar-refractivity contribution in [3.63, 3.8) is 0 Å². The highest BCUT2D eigenvalue weighted by Gasteiger charge is 2.09. The number of hydrogen-bond donors (Lipinski definition) is 1. The first-order valence-electron chi connectivity index (χ1n) is 6.36. The fourth-order valence-electron chi connectivity index (χ4n) is 2.05. The van der Waals surface area contributed by atoms with Gasteiger partial charge in [-0.2, -0.15) is 5.10 Å². The highest BCUT2D eigenvalue weighted by Crippen LogP contribution is 2.19. The summed E-state index contributed by atoms with van der Waals surface area (Å²) in [5.41, 5.74) is 2.91. The average Bonchev–Trinajstić information content (AvgIpc) is 3.01. The van der Waals surface area contributed by atoms with Gasteiger partial charge in [0.25, 0.3) is 0 Å². The summed E-state index contributed by atoms with van der Waals surface area (Å²) in [5, 5.41) is 6.49. The molecule has 1 N–H and O–H groups in total. The molecule has 3 aromatic rings. The van der Waals surface area contributed by atoms with Gasteiger partial charge in [-0.1, -0.05) is 54.6 Å². The van der Waals surface area contributed by atoms with E-state index >= 15 is 0 Å². The van der Waals surface area contributed by atoms with Gasteiger partial charge in [0.2, 0.25) is 0 Å². The van der Waals surface area contributed by atoms with Crippen LogP contribution in [-0.2, 0) is 6.42 Å². The molecule has 0 unspecified atom stereocenters. The van der Waals surface area contributed by atoms with E-state index in [-0.39, 0.29) is 12.2 Å². The van der Waals surface area contributed by atoms with Gasteiger partial charge in [-0.25, -0.2) is 4.98 Å². The zero-order valence-corrected chi connectivity index (χ0v) is 10.8. The fraction of sp³-hybridized carbons (Fsp3) is 0.0625. The molecule has 0 radical (unpaired) electrons. The standard InChI is InChI=1S/C16H13N3O/c20-15(10-16-17-11-18-19-16)14-8-6-13(7-9-14)12-4-2-1-3-5-12/h1-9,11H,10H2,(H,17,18,19).